The van der Waals surface area contributed by atoms with E-state index in [1.807, 2.05) is 19.1 Å². The summed E-state index contributed by atoms with van der Waals surface area (Å²) in [4.78, 5) is 2.32. The van der Waals surface area contributed by atoms with Crippen molar-refractivity contribution >= 4 is 28.9 Å². The lowest BCUT2D eigenvalue weighted by atomic mass is 10.1. The first-order valence-corrected chi connectivity index (χ1v) is 6.81. The average molecular weight is 273 g/mol. The Morgan fingerprint density at radius 2 is 2.12 bits per heavy atom. The van der Waals surface area contributed by atoms with E-state index < -0.39 is 0 Å². The predicted molar refractivity (Wildman–Crippen MR) is 75.5 cm³/mol. The molecule has 17 heavy (non-hydrogen) atoms. The molecule has 0 radical (unpaired) electrons. The Bertz CT molecular complexity index is 407. The summed E-state index contributed by atoms with van der Waals surface area (Å²) in [6.07, 6.45) is 1.13. The number of benzene rings is 1. The number of aryl methyl sites for hydroxylation is 1. The summed E-state index contributed by atoms with van der Waals surface area (Å²) < 4.78 is 0. The molecule has 1 heterocycles. The summed E-state index contributed by atoms with van der Waals surface area (Å²) in [5.74, 6) is 0. The second kappa shape index (κ2) is 5.47. The molecule has 2 rings (SSSR count). The number of piperazine rings is 1. The van der Waals surface area contributed by atoms with E-state index in [9.17, 15) is 0 Å². The van der Waals surface area contributed by atoms with E-state index in [-0.39, 0.29) is 0 Å². The minimum Gasteiger partial charge on any atom is -0.367 e. The normalized spacial score (nSPS) is 20.7. The minimum atomic E-state index is 0.542. The number of nitrogens with one attached hydrogen (secondary N) is 1. The molecule has 1 N–H and O–H groups in total. The van der Waals surface area contributed by atoms with Gasteiger partial charge in [0, 0.05) is 30.7 Å². The average Bonchev–Trinajstić information content (AvgIpc) is 2.34. The zero-order chi connectivity index (χ0) is 12.4. The van der Waals surface area contributed by atoms with Crippen LogP contribution in [0.15, 0.2) is 12.1 Å². The van der Waals surface area contributed by atoms with Crippen LogP contribution in [0.1, 0.15) is 18.9 Å². The molecule has 0 aliphatic carbocycles. The van der Waals surface area contributed by atoms with Gasteiger partial charge in [-0.25, -0.2) is 0 Å². The van der Waals surface area contributed by atoms with Gasteiger partial charge in [0.25, 0.3) is 0 Å². The molecule has 1 atom stereocenters. The molecule has 1 unspecified atom stereocenters. The predicted octanol–water partition coefficient (Wildman–Crippen LogP) is 3.49. The molecule has 2 nitrogen and oxygen atoms in total. The molecule has 94 valence electrons. The third-order valence-electron chi connectivity index (χ3n) is 3.32. The fourth-order valence-corrected chi connectivity index (χ4v) is 2.69. The maximum absolute atomic E-state index is 6.31. The third-order valence-corrected chi connectivity index (χ3v) is 4.03. The molecule has 1 aromatic rings. The van der Waals surface area contributed by atoms with Crippen LogP contribution in [-0.4, -0.2) is 25.7 Å². The van der Waals surface area contributed by atoms with Gasteiger partial charge in [-0.05, 0) is 31.0 Å². The standard InChI is InChI=1S/C13H18Cl2N2/c1-3-10-8-17(5-4-16-10)13-7-11(14)9(2)6-12(13)15/h6-7,10,16H,3-5,8H2,1-2H3. The molecule has 1 aliphatic heterocycles. The van der Waals surface area contributed by atoms with E-state index >= 15 is 0 Å². The Kier molecular flexibility index (Phi) is 4.18. The van der Waals surface area contributed by atoms with Gasteiger partial charge in [-0.15, -0.1) is 0 Å². The number of rotatable bonds is 2. The monoisotopic (exact) mass is 272 g/mol. The van der Waals surface area contributed by atoms with Crippen molar-refractivity contribution in [2.75, 3.05) is 24.5 Å². The first-order chi connectivity index (χ1) is 8.11. The number of hydrogen-bond acceptors (Lipinski definition) is 2. The quantitative estimate of drug-likeness (QED) is 0.887. The number of anilines is 1. The third kappa shape index (κ3) is 2.87. The highest BCUT2D eigenvalue weighted by atomic mass is 35.5. The molecule has 1 saturated heterocycles. The van der Waals surface area contributed by atoms with Crippen LogP contribution in [-0.2, 0) is 0 Å². The van der Waals surface area contributed by atoms with Crippen molar-refractivity contribution < 1.29 is 0 Å². The topological polar surface area (TPSA) is 15.3 Å². The Balaban J connectivity index is 2.24. The minimum absolute atomic E-state index is 0.542. The van der Waals surface area contributed by atoms with Gasteiger partial charge >= 0.3 is 0 Å². The Morgan fingerprint density at radius 1 is 1.35 bits per heavy atom. The second-order valence-electron chi connectivity index (χ2n) is 4.56. The number of halogens is 2. The van der Waals surface area contributed by atoms with Crippen molar-refractivity contribution in [3.63, 3.8) is 0 Å². The van der Waals surface area contributed by atoms with Crippen LogP contribution in [0.4, 0.5) is 5.69 Å². The fourth-order valence-electron chi connectivity index (χ4n) is 2.20. The fraction of sp³-hybridized carbons (Fsp3) is 0.538. The molecule has 0 bridgehead atoms. The Morgan fingerprint density at radius 3 is 2.82 bits per heavy atom. The van der Waals surface area contributed by atoms with Gasteiger partial charge in [0.2, 0.25) is 0 Å². The smallest absolute Gasteiger partial charge is 0.0643 e. The molecular weight excluding hydrogens is 255 g/mol. The molecule has 0 spiro atoms. The molecule has 1 aliphatic rings. The Labute approximate surface area is 113 Å². The van der Waals surface area contributed by atoms with Crippen LogP contribution in [0, 0.1) is 6.92 Å². The molecule has 0 saturated carbocycles. The van der Waals surface area contributed by atoms with Crippen molar-refractivity contribution in [1.29, 1.82) is 0 Å². The van der Waals surface area contributed by atoms with E-state index in [1.165, 1.54) is 0 Å². The van der Waals surface area contributed by atoms with Gasteiger partial charge in [-0.3, -0.25) is 0 Å². The first kappa shape index (κ1) is 13.0. The van der Waals surface area contributed by atoms with Gasteiger partial charge in [-0.1, -0.05) is 30.1 Å². The van der Waals surface area contributed by atoms with Crippen LogP contribution in [0.3, 0.4) is 0 Å². The highest BCUT2D eigenvalue weighted by Gasteiger charge is 2.20. The molecule has 0 aromatic heterocycles. The molecule has 0 amide bonds. The summed E-state index contributed by atoms with van der Waals surface area (Å²) >= 11 is 12.5. The van der Waals surface area contributed by atoms with Crippen molar-refractivity contribution in [1.82, 2.24) is 5.32 Å². The first-order valence-electron chi connectivity index (χ1n) is 6.05. The summed E-state index contributed by atoms with van der Waals surface area (Å²) in [5.41, 5.74) is 2.09. The van der Waals surface area contributed by atoms with Crippen LogP contribution < -0.4 is 10.2 Å². The van der Waals surface area contributed by atoms with Crippen LogP contribution >= 0.6 is 23.2 Å². The van der Waals surface area contributed by atoms with Crippen LogP contribution in [0.2, 0.25) is 10.0 Å². The zero-order valence-electron chi connectivity index (χ0n) is 10.3. The highest BCUT2D eigenvalue weighted by molar-refractivity contribution is 6.35. The van der Waals surface area contributed by atoms with Crippen molar-refractivity contribution in [3.8, 4) is 0 Å². The molecule has 4 heteroatoms. The lowest BCUT2D eigenvalue weighted by Gasteiger charge is -2.35. The van der Waals surface area contributed by atoms with Gasteiger partial charge in [0.15, 0.2) is 0 Å². The molecule has 1 aromatic carbocycles. The number of hydrogen-bond donors (Lipinski definition) is 1. The lowest BCUT2D eigenvalue weighted by molar-refractivity contribution is 0.447. The van der Waals surface area contributed by atoms with Crippen LogP contribution in [0.25, 0.3) is 0 Å². The lowest BCUT2D eigenvalue weighted by Crippen LogP contribution is -2.50. The van der Waals surface area contributed by atoms with Gasteiger partial charge in [0.1, 0.15) is 0 Å². The van der Waals surface area contributed by atoms with Gasteiger partial charge < -0.3 is 10.2 Å². The van der Waals surface area contributed by atoms with Crippen molar-refractivity contribution in [2.24, 2.45) is 0 Å². The van der Waals surface area contributed by atoms with Gasteiger partial charge in [-0.2, -0.15) is 0 Å². The summed E-state index contributed by atoms with van der Waals surface area (Å²) in [5, 5.41) is 5.08. The van der Waals surface area contributed by atoms with Gasteiger partial charge in [0.05, 0.1) is 10.7 Å². The molecular formula is C13H18Cl2N2. The van der Waals surface area contributed by atoms with E-state index in [0.29, 0.717) is 6.04 Å². The maximum atomic E-state index is 6.31. The van der Waals surface area contributed by atoms with Crippen molar-refractivity contribution in [3.05, 3.63) is 27.7 Å². The van der Waals surface area contributed by atoms with E-state index in [0.717, 1.165) is 47.4 Å². The van der Waals surface area contributed by atoms with Crippen LogP contribution in [0.5, 0.6) is 0 Å². The largest absolute Gasteiger partial charge is 0.367 e. The highest BCUT2D eigenvalue weighted by Crippen LogP contribution is 2.32. The van der Waals surface area contributed by atoms with Crippen molar-refractivity contribution in [2.45, 2.75) is 26.3 Å². The maximum Gasteiger partial charge on any atom is 0.0643 e. The summed E-state index contributed by atoms with van der Waals surface area (Å²) in [6.45, 7) is 7.15. The molecule has 1 fully saturated rings. The zero-order valence-corrected chi connectivity index (χ0v) is 11.8. The number of nitrogens with zero attached hydrogens (tertiary/aromatic N) is 1. The summed E-state index contributed by atoms with van der Waals surface area (Å²) in [7, 11) is 0. The summed E-state index contributed by atoms with van der Waals surface area (Å²) in [6, 6.07) is 4.47. The van der Waals surface area contributed by atoms with E-state index in [4.69, 9.17) is 23.2 Å². The SMILES string of the molecule is CCC1CN(c2cc(Cl)c(C)cc2Cl)CCN1. The Hall–Kier alpha value is -0.440. The van der Waals surface area contributed by atoms with E-state index in [1.54, 1.807) is 0 Å². The van der Waals surface area contributed by atoms with E-state index in [2.05, 4.69) is 17.1 Å². The second-order valence-corrected chi connectivity index (χ2v) is 5.37.